The first-order valence-corrected chi connectivity index (χ1v) is 14.2. The third-order valence-corrected chi connectivity index (χ3v) is 8.90. The minimum absolute atomic E-state index is 0.469. The van der Waals surface area contributed by atoms with Crippen molar-refractivity contribution in [3.63, 3.8) is 0 Å². The lowest BCUT2D eigenvalue weighted by Gasteiger charge is -2.25. The van der Waals surface area contributed by atoms with Crippen LogP contribution in [0.2, 0.25) is 0 Å². The van der Waals surface area contributed by atoms with Gasteiger partial charge < -0.3 is 23.8 Å². The van der Waals surface area contributed by atoms with Gasteiger partial charge in [0.15, 0.2) is 11.5 Å². The predicted octanol–water partition coefficient (Wildman–Crippen LogP) is 5.89. The lowest BCUT2D eigenvalue weighted by atomic mass is 10.0. The van der Waals surface area contributed by atoms with Crippen LogP contribution in [0.1, 0.15) is 32.7 Å². The summed E-state index contributed by atoms with van der Waals surface area (Å²) in [4.78, 5) is 15.1. The Hall–Kier alpha value is -3.58. The summed E-state index contributed by atoms with van der Waals surface area (Å²) in [5, 5.41) is 0. The van der Waals surface area contributed by atoms with Gasteiger partial charge in [0.2, 0.25) is 0 Å². The summed E-state index contributed by atoms with van der Waals surface area (Å²) in [6.07, 6.45) is 4.26. The number of rotatable bonds is 7. The molecule has 7 rings (SSSR count). The Morgan fingerprint density at radius 2 is 1.51 bits per heavy atom. The summed E-state index contributed by atoms with van der Waals surface area (Å²) < 4.78 is 13.4. The Balaban J connectivity index is 1.16. The van der Waals surface area contributed by atoms with E-state index in [0.717, 1.165) is 64.4 Å². The third kappa shape index (κ3) is 4.33. The molecule has 4 heterocycles. The Bertz CT molecular complexity index is 1490. The Morgan fingerprint density at radius 3 is 2.15 bits per heavy atom. The van der Waals surface area contributed by atoms with Crippen molar-refractivity contribution in [1.82, 2.24) is 19.4 Å². The maximum absolute atomic E-state index is 5.57. The summed E-state index contributed by atoms with van der Waals surface area (Å²) in [7, 11) is 3.33. The zero-order chi connectivity index (χ0) is 26.7. The molecular weight excluding hydrogens is 486 g/mol. The number of hydrogen-bond acceptors (Lipinski definition) is 6. The van der Waals surface area contributed by atoms with Crippen LogP contribution in [0.25, 0.3) is 33.7 Å². The number of benzene rings is 2. The molecule has 2 atom stereocenters. The van der Waals surface area contributed by atoms with Crippen molar-refractivity contribution in [2.45, 2.75) is 38.8 Å². The number of methoxy groups -OCH3 is 2. The van der Waals surface area contributed by atoms with Gasteiger partial charge >= 0.3 is 0 Å². The number of fused-ring (bicyclic) bond motifs is 2. The van der Waals surface area contributed by atoms with Crippen LogP contribution in [0.15, 0.2) is 54.7 Å². The number of imidazole rings is 1. The van der Waals surface area contributed by atoms with Crippen LogP contribution in [0.5, 0.6) is 11.5 Å². The van der Waals surface area contributed by atoms with Crippen LogP contribution in [0.3, 0.4) is 0 Å². The van der Waals surface area contributed by atoms with Crippen LogP contribution in [0, 0.1) is 11.8 Å². The fraction of sp³-hybridized carbons (Fsp3) is 0.438. The van der Waals surface area contributed by atoms with E-state index in [1.165, 1.54) is 31.6 Å². The molecule has 0 radical (unpaired) electrons. The second kappa shape index (κ2) is 9.56. The highest BCUT2D eigenvalue weighted by Crippen LogP contribution is 2.43. The largest absolute Gasteiger partial charge is 0.493 e. The number of pyridine rings is 1. The van der Waals surface area contributed by atoms with E-state index in [1.54, 1.807) is 14.2 Å². The third-order valence-electron chi connectivity index (χ3n) is 8.90. The zero-order valence-corrected chi connectivity index (χ0v) is 23.3. The van der Waals surface area contributed by atoms with Gasteiger partial charge in [0, 0.05) is 55.1 Å². The molecule has 2 aromatic heterocycles. The van der Waals surface area contributed by atoms with E-state index in [2.05, 4.69) is 64.6 Å². The average Bonchev–Trinajstić information content (AvgIpc) is 3.42. The highest BCUT2D eigenvalue weighted by Gasteiger charge is 2.40. The molecule has 0 bridgehead atoms. The molecule has 0 amide bonds. The zero-order valence-electron chi connectivity index (χ0n) is 23.3. The molecule has 1 aliphatic carbocycles. The second-order valence-electron chi connectivity index (χ2n) is 11.7. The number of aromatic nitrogens is 3. The highest BCUT2D eigenvalue weighted by molar-refractivity contribution is 5.84. The van der Waals surface area contributed by atoms with Gasteiger partial charge in [-0.25, -0.2) is 4.98 Å². The maximum atomic E-state index is 5.57. The van der Waals surface area contributed by atoms with E-state index in [4.69, 9.17) is 19.4 Å². The SMILES string of the molecule is COc1ccc(-c2nc3cnc(-c4ccc(N5C[C@@H]6CN(C(C)C)C[C@@H]6C5)cc4)cc3n2C2CC2)cc1OC. The van der Waals surface area contributed by atoms with Gasteiger partial charge in [-0.1, -0.05) is 12.1 Å². The normalized spacial score (nSPS) is 21.2. The van der Waals surface area contributed by atoms with Crippen molar-refractivity contribution in [2.75, 3.05) is 45.3 Å². The molecule has 2 aromatic carbocycles. The molecule has 2 aliphatic heterocycles. The fourth-order valence-electron chi connectivity index (χ4n) is 6.54. The number of anilines is 1. The molecule has 7 nitrogen and oxygen atoms in total. The van der Waals surface area contributed by atoms with E-state index < -0.39 is 0 Å². The van der Waals surface area contributed by atoms with E-state index in [1.807, 2.05) is 18.3 Å². The molecule has 1 saturated carbocycles. The van der Waals surface area contributed by atoms with Gasteiger partial charge in [-0.05, 0) is 74.9 Å². The topological polar surface area (TPSA) is 55.7 Å². The molecule has 0 spiro atoms. The van der Waals surface area contributed by atoms with Crippen LogP contribution < -0.4 is 14.4 Å². The summed E-state index contributed by atoms with van der Waals surface area (Å²) >= 11 is 0. The molecule has 2 saturated heterocycles. The Labute approximate surface area is 230 Å². The first-order chi connectivity index (χ1) is 19.0. The van der Waals surface area contributed by atoms with Crippen molar-refractivity contribution in [3.8, 4) is 34.1 Å². The molecule has 4 aromatic rings. The van der Waals surface area contributed by atoms with E-state index in [0.29, 0.717) is 17.8 Å². The van der Waals surface area contributed by atoms with Crippen LogP contribution in [0.4, 0.5) is 5.69 Å². The molecular formula is C32H37N5O2. The number of nitrogens with zero attached hydrogens (tertiary/aromatic N) is 5. The Morgan fingerprint density at radius 1 is 0.821 bits per heavy atom. The average molecular weight is 524 g/mol. The van der Waals surface area contributed by atoms with E-state index >= 15 is 0 Å². The molecule has 39 heavy (non-hydrogen) atoms. The lowest BCUT2D eigenvalue weighted by molar-refractivity contribution is 0.258. The number of likely N-dealkylation sites (tertiary alicyclic amines) is 1. The molecule has 0 N–H and O–H groups in total. The maximum Gasteiger partial charge on any atom is 0.161 e. The van der Waals surface area contributed by atoms with Crippen molar-refractivity contribution >= 4 is 16.7 Å². The van der Waals surface area contributed by atoms with Gasteiger partial charge in [0.1, 0.15) is 11.3 Å². The number of ether oxygens (including phenoxy) is 2. The minimum Gasteiger partial charge on any atom is -0.493 e. The minimum atomic E-state index is 0.469. The molecule has 3 aliphatic rings. The first-order valence-electron chi connectivity index (χ1n) is 14.2. The lowest BCUT2D eigenvalue weighted by Crippen LogP contribution is -2.33. The Kier molecular flexibility index (Phi) is 5.99. The summed E-state index contributed by atoms with van der Waals surface area (Å²) in [6.45, 7) is 9.44. The van der Waals surface area contributed by atoms with Gasteiger partial charge in [0.25, 0.3) is 0 Å². The van der Waals surface area contributed by atoms with Gasteiger partial charge in [-0.15, -0.1) is 0 Å². The molecule has 7 heteroatoms. The van der Waals surface area contributed by atoms with Crippen LogP contribution in [-0.4, -0.2) is 65.9 Å². The molecule has 3 fully saturated rings. The predicted molar refractivity (Wildman–Crippen MR) is 156 cm³/mol. The van der Waals surface area contributed by atoms with Gasteiger partial charge in [-0.3, -0.25) is 4.98 Å². The molecule has 0 unspecified atom stereocenters. The standard InChI is InChI=1S/C32H37N5O2/c1-20(2)35-16-23-18-36(19-24(23)17-35)25-8-5-21(6-9-25)27-14-29-28(15-33-27)34-32(37(29)26-10-11-26)22-7-12-30(38-3)31(13-22)39-4/h5-9,12-15,20,23-24,26H,10-11,16-19H2,1-4H3/t23-,24+. The summed E-state index contributed by atoms with van der Waals surface area (Å²) in [5.74, 6) is 3.97. The first kappa shape index (κ1) is 24.5. The van der Waals surface area contributed by atoms with E-state index in [9.17, 15) is 0 Å². The molecule has 202 valence electrons. The van der Waals surface area contributed by atoms with Crippen LogP contribution in [-0.2, 0) is 0 Å². The van der Waals surface area contributed by atoms with Crippen molar-refractivity contribution in [1.29, 1.82) is 0 Å². The quantitative estimate of drug-likeness (QED) is 0.301. The monoisotopic (exact) mass is 523 g/mol. The van der Waals surface area contributed by atoms with Gasteiger partial charge in [0.05, 0.1) is 31.6 Å². The fourth-order valence-corrected chi connectivity index (χ4v) is 6.54. The van der Waals surface area contributed by atoms with Gasteiger partial charge in [-0.2, -0.15) is 0 Å². The smallest absolute Gasteiger partial charge is 0.161 e. The van der Waals surface area contributed by atoms with E-state index in [-0.39, 0.29) is 0 Å². The second-order valence-corrected chi connectivity index (χ2v) is 11.7. The number of hydrogen-bond donors (Lipinski definition) is 0. The highest BCUT2D eigenvalue weighted by atomic mass is 16.5. The van der Waals surface area contributed by atoms with Crippen molar-refractivity contribution < 1.29 is 9.47 Å². The van der Waals surface area contributed by atoms with Crippen molar-refractivity contribution in [3.05, 3.63) is 54.7 Å². The van der Waals surface area contributed by atoms with Crippen LogP contribution >= 0.6 is 0 Å². The summed E-state index contributed by atoms with van der Waals surface area (Å²) in [6, 6.07) is 18.4. The summed E-state index contributed by atoms with van der Waals surface area (Å²) in [5.41, 5.74) is 6.53. The van der Waals surface area contributed by atoms with Crippen molar-refractivity contribution in [2.24, 2.45) is 11.8 Å².